The first kappa shape index (κ1) is 10.5. The number of hydrogen-bond acceptors (Lipinski definition) is 5. The topological polar surface area (TPSA) is 56.3 Å². The molecule has 0 unspecified atom stereocenters. The van der Waals surface area contributed by atoms with Crippen molar-refractivity contribution >= 4 is 0 Å². The van der Waals surface area contributed by atoms with Gasteiger partial charge in [0.05, 0.1) is 0 Å². The largest absolute Gasteiger partial charge is 0.350 e. The fourth-order valence-corrected chi connectivity index (χ4v) is 1.82. The molecule has 0 spiro atoms. The molecule has 1 N–H and O–H groups in total. The number of aromatic nitrogens is 2. The molecular weight excluding hydrogens is 194 g/mol. The van der Waals surface area contributed by atoms with Crippen molar-refractivity contribution in [2.45, 2.75) is 19.3 Å². The highest BCUT2D eigenvalue weighted by atomic mass is 16.7. The third-order valence-corrected chi connectivity index (χ3v) is 2.56. The maximum absolute atomic E-state index is 5.21. The van der Waals surface area contributed by atoms with Crippen LogP contribution in [0, 0.1) is 0 Å². The van der Waals surface area contributed by atoms with Gasteiger partial charge >= 0.3 is 0 Å². The summed E-state index contributed by atoms with van der Waals surface area (Å²) in [5, 5.41) is 3.29. The van der Waals surface area contributed by atoms with Crippen molar-refractivity contribution < 1.29 is 9.47 Å². The quantitative estimate of drug-likeness (QED) is 0.731. The number of hydrogen-bond donors (Lipinski definition) is 1. The van der Waals surface area contributed by atoms with Gasteiger partial charge in [0, 0.05) is 45.0 Å². The maximum Gasteiger partial charge on any atom is 0.201 e. The van der Waals surface area contributed by atoms with Gasteiger partial charge in [-0.15, -0.1) is 0 Å². The molecule has 0 aromatic carbocycles. The second-order valence-corrected chi connectivity index (χ2v) is 3.41. The number of rotatable bonds is 3. The number of ether oxygens (including phenoxy) is 2. The Morgan fingerprint density at radius 1 is 1.33 bits per heavy atom. The van der Waals surface area contributed by atoms with Gasteiger partial charge in [0.25, 0.3) is 0 Å². The van der Waals surface area contributed by atoms with Gasteiger partial charge in [0.1, 0.15) is 12.0 Å². The molecule has 2 heterocycles. The minimum atomic E-state index is -0.401. The first-order valence-electron chi connectivity index (χ1n) is 4.95. The summed E-state index contributed by atoms with van der Waals surface area (Å²) in [5.41, 5.74) is 3.03. The Kier molecular flexibility index (Phi) is 3.25. The van der Waals surface area contributed by atoms with E-state index in [9.17, 15) is 0 Å². The van der Waals surface area contributed by atoms with Crippen LogP contribution in [0.2, 0.25) is 0 Å². The average Bonchev–Trinajstić information content (AvgIpc) is 2.31. The zero-order valence-corrected chi connectivity index (χ0v) is 8.99. The Morgan fingerprint density at radius 3 is 2.87 bits per heavy atom. The summed E-state index contributed by atoms with van der Waals surface area (Å²) in [6.45, 7) is 1.75. The highest BCUT2D eigenvalue weighted by Crippen LogP contribution is 2.22. The number of fused-ring (bicyclic) bond motifs is 1. The summed E-state index contributed by atoms with van der Waals surface area (Å²) >= 11 is 0. The molecule has 0 atom stereocenters. The molecule has 1 aromatic heterocycles. The molecule has 0 fully saturated rings. The Bertz CT molecular complexity index is 339. The van der Waals surface area contributed by atoms with Crippen LogP contribution in [0.1, 0.15) is 23.2 Å². The van der Waals surface area contributed by atoms with Crippen molar-refractivity contribution in [2.75, 3.05) is 20.8 Å². The minimum Gasteiger partial charge on any atom is -0.350 e. The molecule has 2 rings (SSSR count). The number of methoxy groups -OCH3 is 2. The molecule has 0 bridgehead atoms. The predicted octanol–water partition coefficient (Wildman–Crippen LogP) is 0.414. The Balaban J connectivity index is 2.38. The maximum atomic E-state index is 5.21. The summed E-state index contributed by atoms with van der Waals surface area (Å²) in [7, 11) is 3.22. The molecule has 1 aliphatic heterocycles. The lowest BCUT2D eigenvalue weighted by atomic mass is 10.1. The standard InChI is InChI=1S/C10H15N3O2/c1-14-10(15-2)9-7-5-11-4-3-8(7)12-6-13-9/h6,10-11H,3-5H2,1-2H3. The van der Waals surface area contributed by atoms with Crippen LogP contribution in [0.3, 0.4) is 0 Å². The Labute approximate surface area is 88.8 Å². The molecule has 0 radical (unpaired) electrons. The zero-order chi connectivity index (χ0) is 10.7. The highest BCUT2D eigenvalue weighted by molar-refractivity contribution is 5.27. The first-order chi connectivity index (χ1) is 7.36. The lowest BCUT2D eigenvalue weighted by Crippen LogP contribution is -2.27. The van der Waals surface area contributed by atoms with Gasteiger partial charge in [-0.1, -0.05) is 0 Å². The lowest BCUT2D eigenvalue weighted by Gasteiger charge is -2.21. The SMILES string of the molecule is COC(OC)c1ncnc2c1CNCC2. The van der Waals surface area contributed by atoms with E-state index in [1.54, 1.807) is 20.5 Å². The molecule has 0 aliphatic carbocycles. The molecule has 0 saturated carbocycles. The van der Waals surface area contributed by atoms with Crippen molar-refractivity contribution in [1.82, 2.24) is 15.3 Å². The molecule has 0 amide bonds. The van der Waals surface area contributed by atoms with E-state index < -0.39 is 6.29 Å². The molecule has 1 aliphatic rings. The van der Waals surface area contributed by atoms with Crippen LogP contribution in [0.15, 0.2) is 6.33 Å². The second kappa shape index (κ2) is 4.65. The van der Waals surface area contributed by atoms with Gasteiger partial charge in [-0.05, 0) is 0 Å². The van der Waals surface area contributed by atoms with Crippen LogP contribution < -0.4 is 5.32 Å². The van der Waals surface area contributed by atoms with Crippen LogP contribution in [-0.4, -0.2) is 30.7 Å². The van der Waals surface area contributed by atoms with Crippen LogP contribution in [0.4, 0.5) is 0 Å². The summed E-state index contributed by atoms with van der Waals surface area (Å²) < 4.78 is 10.4. The van der Waals surface area contributed by atoms with Crippen LogP contribution in [0.25, 0.3) is 0 Å². The summed E-state index contributed by atoms with van der Waals surface area (Å²) in [6, 6.07) is 0. The molecule has 1 aromatic rings. The Hall–Kier alpha value is -1.04. The van der Waals surface area contributed by atoms with Gasteiger partial charge in [0.15, 0.2) is 0 Å². The van der Waals surface area contributed by atoms with E-state index in [0.717, 1.165) is 36.5 Å². The zero-order valence-electron chi connectivity index (χ0n) is 8.99. The van der Waals surface area contributed by atoms with E-state index in [-0.39, 0.29) is 0 Å². The van der Waals surface area contributed by atoms with Crippen molar-refractivity contribution in [2.24, 2.45) is 0 Å². The van der Waals surface area contributed by atoms with E-state index in [1.165, 1.54) is 0 Å². The first-order valence-corrected chi connectivity index (χ1v) is 4.95. The monoisotopic (exact) mass is 209 g/mol. The summed E-state index contributed by atoms with van der Waals surface area (Å²) in [5.74, 6) is 0. The van der Waals surface area contributed by atoms with Gasteiger partial charge in [0.2, 0.25) is 6.29 Å². The normalized spacial score (nSPS) is 15.4. The second-order valence-electron chi connectivity index (χ2n) is 3.41. The van der Waals surface area contributed by atoms with E-state index in [4.69, 9.17) is 9.47 Å². The van der Waals surface area contributed by atoms with Gasteiger partial charge in [-0.3, -0.25) is 0 Å². The van der Waals surface area contributed by atoms with E-state index in [1.807, 2.05) is 0 Å². The minimum absolute atomic E-state index is 0.401. The van der Waals surface area contributed by atoms with E-state index in [0.29, 0.717) is 0 Å². The van der Waals surface area contributed by atoms with Crippen molar-refractivity contribution in [3.8, 4) is 0 Å². The number of nitrogens with zero attached hydrogens (tertiary/aromatic N) is 2. The van der Waals surface area contributed by atoms with Crippen LogP contribution in [0.5, 0.6) is 0 Å². The molecule has 5 heteroatoms. The fraction of sp³-hybridized carbons (Fsp3) is 0.600. The van der Waals surface area contributed by atoms with Crippen molar-refractivity contribution in [3.05, 3.63) is 23.3 Å². The van der Waals surface area contributed by atoms with Gasteiger partial charge < -0.3 is 14.8 Å². The smallest absolute Gasteiger partial charge is 0.201 e. The van der Waals surface area contributed by atoms with E-state index >= 15 is 0 Å². The van der Waals surface area contributed by atoms with E-state index in [2.05, 4.69) is 15.3 Å². The third-order valence-electron chi connectivity index (χ3n) is 2.56. The molecule has 5 nitrogen and oxygen atoms in total. The van der Waals surface area contributed by atoms with Crippen molar-refractivity contribution in [3.63, 3.8) is 0 Å². The van der Waals surface area contributed by atoms with Gasteiger partial charge in [-0.2, -0.15) is 0 Å². The van der Waals surface area contributed by atoms with Crippen LogP contribution in [-0.2, 0) is 22.4 Å². The third kappa shape index (κ3) is 1.99. The number of nitrogens with one attached hydrogen (secondary N) is 1. The lowest BCUT2D eigenvalue weighted by molar-refractivity contribution is -0.109. The summed E-state index contributed by atoms with van der Waals surface area (Å²) in [6.07, 6.45) is 2.11. The summed E-state index contributed by atoms with van der Waals surface area (Å²) in [4.78, 5) is 8.50. The Morgan fingerprint density at radius 2 is 2.13 bits per heavy atom. The molecule has 0 saturated heterocycles. The molecule has 82 valence electrons. The predicted molar refractivity (Wildman–Crippen MR) is 54.2 cm³/mol. The molecular formula is C10H15N3O2. The van der Waals surface area contributed by atoms with Crippen LogP contribution >= 0.6 is 0 Å². The van der Waals surface area contributed by atoms with Gasteiger partial charge in [-0.25, -0.2) is 9.97 Å². The fourth-order valence-electron chi connectivity index (χ4n) is 1.82. The average molecular weight is 209 g/mol. The highest BCUT2D eigenvalue weighted by Gasteiger charge is 2.21. The van der Waals surface area contributed by atoms with Crippen molar-refractivity contribution in [1.29, 1.82) is 0 Å². The molecule has 15 heavy (non-hydrogen) atoms.